The molecule has 31 heavy (non-hydrogen) atoms. The predicted molar refractivity (Wildman–Crippen MR) is 118 cm³/mol. The lowest BCUT2D eigenvalue weighted by Gasteiger charge is -2.13. The van der Waals surface area contributed by atoms with E-state index in [4.69, 9.17) is 11.6 Å². The fourth-order valence-corrected chi connectivity index (χ4v) is 3.14. The molecular weight excluding hydrogens is 422 g/mol. The Balaban J connectivity index is 1.77. The number of halogens is 1. The van der Waals surface area contributed by atoms with Crippen molar-refractivity contribution in [1.29, 1.82) is 0 Å². The minimum absolute atomic E-state index is 0.0410. The van der Waals surface area contributed by atoms with Crippen molar-refractivity contribution in [2.45, 2.75) is 0 Å². The van der Waals surface area contributed by atoms with Gasteiger partial charge in [0.15, 0.2) is 0 Å². The number of nitrogens with zero attached hydrogens (tertiary/aromatic N) is 4. The number of hydrogen-bond donors (Lipinski definition) is 2. The highest BCUT2D eigenvalue weighted by atomic mass is 35.5. The average molecular weight is 436 g/mol. The van der Waals surface area contributed by atoms with Gasteiger partial charge in [-0.1, -0.05) is 29.8 Å². The van der Waals surface area contributed by atoms with Crippen LogP contribution in [0.1, 0.15) is 5.56 Å². The number of pyridine rings is 2. The Morgan fingerprint density at radius 3 is 2.45 bits per heavy atom. The minimum atomic E-state index is -0.495. The molecule has 0 aliphatic carbocycles. The topological polar surface area (TPSA) is 123 Å². The Morgan fingerprint density at radius 1 is 1.10 bits per heavy atom. The van der Waals surface area contributed by atoms with E-state index in [0.29, 0.717) is 27.0 Å². The zero-order chi connectivity index (χ0) is 22.0. The van der Waals surface area contributed by atoms with Crippen molar-refractivity contribution in [2.75, 3.05) is 5.43 Å². The molecule has 4 aromatic rings. The molecule has 2 aromatic heterocycles. The number of aromatic hydroxyl groups is 1. The summed E-state index contributed by atoms with van der Waals surface area (Å²) in [7, 11) is 0. The summed E-state index contributed by atoms with van der Waals surface area (Å²) in [6, 6.07) is 15.6. The van der Waals surface area contributed by atoms with Crippen molar-refractivity contribution in [1.82, 2.24) is 9.55 Å². The number of aromatic nitrogens is 2. The molecule has 0 atom stereocenters. The molecule has 0 radical (unpaired) electrons. The summed E-state index contributed by atoms with van der Waals surface area (Å²) in [4.78, 5) is 27.4. The zero-order valence-corrected chi connectivity index (χ0v) is 16.5. The maximum atomic E-state index is 13.0. The van der Waals surface area contributed by atoms with E-state index in [0.717, 1.165) is 4.57 Å². The van der Waals surface area contributed by atoms with Crippen LogP contribution in [-0.2, 0) is 0 Å². The molecule has 10 heteroatoms. The molecular formula is C21H14ClN5O4. The highest BCUT2D eigenvalue weighted by Crippen LogP contribution is 2.25. The molecule has 4 rings (SSSR count). The Bertz CT molecular complexity index is 1370. The lowest BCUT2D eigenvalue weighted by Crippen LogP contribution is -2.21. The summed E-state index contributed by atoms with van der Waals surface area (Å²) in [5.74, 6) is -0.136. The van der Waals surface area contributed by atoms with E-state index >= 15 is 0 Å². The number of nitro groups is 1. The Hall–Kier alpha value is -4.24. The molecule has 0 saturated heterocycles. The lowest BCUT2D eigenvalue weighted by molar-refractivity contribution is -0.384. The van der Waals surface area contributed by atoms with E-state index in [-0.39, 0.29) is 17.4 Å². The van der Waals surface area contributed by atoms with Gasteiger partial charge in [-0.15, -0.1) is 0 Å². The first-order valence-electron chi connectivity index (χ1n) is 8.98. The van der Waals surface area contributed by atoms with Gasteiger partial charge in [0.1, 0.15) is 5.82 Å². The third-order valence-electron chi connectivity index (χ3n) is 4.51. The molecule has 0 unspecified atom stereocenters. The second-order valence-electron chi connectivity index (χ2n) is 6.43. The normalized spacial score (nSPS) is 11.1. The van der Waals surface area contributed by atoms with Crippen LogP contribution in [0.3, 0.4) is 0 Å². The number of non-ortho nitro benzene ring substituents is 1. The number of nitro benzene ring substituents is 1. The highest BCUT2D eigenvalue weighted by Gasteiger charge is 2.17. The molecule has 0 spiro atoms. The fourth-order valence-electron chi connectivity index (χ4n) is 3.03. The highest BCUT2D eigenvalue weighted by molar-refractivity contribution is 6.30. The first kappa shape index (κ1) is 20.0. The molecule has 0 aliphatic rings. The van der Waals surface area contributed by atoms with Crippen LogP contribution in [-0.4, -0.2) is 25.8 Å². The summed E-state index contributed by atoms with van der Waals surface area (Å²) in [6.07, 6.45) is 2.74. The minimum Gasteiger partial charge on any atom is -0.494 e. The quantitative estimate of drug-likeness (QED) is 0.276. The van der Waals surface area contributed by atoms with Crippen LogP contribution in [0.2, 0.25) is 5.02 Å². The Labute approximate surface area is 180 Å². The van der Waals surface area contributed by atoms with E-state index in [1.54, 1.807) is 30.3 Å². The van der Waals surface area contributed by atoms with Gasteiger partial charge in [-0.05, 0) is 30.3 Å². The first-order chi connectivity index (χ1) is 15.0. The van der Waals surface area contributed by atoms with E-state index in [2.05, 4.69) is 15.5 Å². The zero-order valence-electron chi connectivity index (χ0n) is 15.8. The number of rotatable bonds is 5. The molecule has 154 valence electrons. The third kappa shape index (κ3) is 3.94. The standard InChI is InChI=1S/C21H14ClN5O4/c22-13-5-10-19(23-11-13)26-20(28)17-4-2-1-3-16(17)18(21(26)29)12-24-25-14-6-8-15(9-7-14)27(30)31/h1-12,25,29H/b24-12+. The van der Waals surface area contributed by atoms with Gasteiger partial charge >= 0.3 is 0 Å². The van der Waals surface area contributed by atoms with Crippen molar-refractivity contribution in [3.63, 3.8) is 0 Å². The van der Waals surface area contributed by atoms with Gasteiger partial charge in [0.05, 0.1) is 27.4 Å². The van der Waals surface area contributed by atoms with Crippen LogP contribution in [0, 0.1) is 10.1 Å². The first-order valence-corrected chi connectivity index (χ1v) is 9.35. The van der Waals surface area contributed by atoms with Crippen LogP contribution in [0.5, 0.6) is 5.88 Å². The van der Waals surface area contributed by atoms with Crippen molar-refractivity contribution in [3.8, 4) is 11.7 Å². The summed E-state index contributed by atoms with van der Waals surface area (Å²) in [5.41, 5.74) is 3.07. The van der Waals surface area contributed by atoms with Gasteiger partial charge in [0.25, 0.3) is 11.2 Å². The lowest BCUT2D eigenvalue weighted by atomic mass is 10.1. The van der Waals surface area contributed by atoms with Gasteiger partial charge < -0.3 is 5.11 Å². The molecule has 9 nitrogen and oxygen atoms in total. The van der Waals surface area contributed by atoms with E-state index in [1.165, 1.54) is 42.7 Å². The summed E-state index contributed by atoms with van der Waals surface area (Å²) < 4.78 is 1.08. The van der Waals surface area contributed by atoms with Gasteiger partial charge in [0.2, 0.25) is 5.88 Å². The summed E-state index contributed by atoms with van der Waals surface area (Å²) in [5, 5.41) is 27.0. The van der Waals surface area contributed by atoms with Crippen molar-refractivity contribution in [2.24, 2.45) is 5.10 Å². The molecule has 0 amide bonds. The Morgan fingerprint density at radius 2 is 1.81 bits per heavy atom. The number of hydrazone groups is 1. The smallest absolute Gasteiger partial charge is 0.269 e. The van der Waals surface area contributed by atoms with E-state index < -0.39 is 10.5 Å². The largest absolute Gasteiger partial charge is 0.494 e. The second kappa shape index (κ2) is 8.25. The fraction of sp³-hybridized carbons (Fsp3) is 0. The van der Waals surface area contributed by atoms with E-state index in [1.807, 2.05) is 0 Å². The van der Waals surface area contributed by atoms with Crippen molar-refractivity contribution < 1.29 is 10.0 Å². The number of benzene rings is 2. The van der Waals surface area contributed by atoms with Gasteiger partial charge in [-0.3, -0.25) is 20.3 Å². The predicted octanol–water partition coefficient (Wildman–Crippen LogP) is 4.10. The summed E-state index contributed by atoms with van der Waals surface area (Å²) >= 11 is 5.88. The van der Waals surface area contributed by atoms with Gasteiger partial charge in [0, 0.05) is 29.1 Å². The van der Waals surface area contributed by atoms with E-state index in [9.17, 15) is 20.0 Å². The number of fused-ring (bicyclic) bond motifs is 1. The molecule has 2 N–H and O–H groups in total. The molecule has 0 fully saturated rings. The summed E-state index contributed by atoms with van der Waals surface area (Å²) in [6.45, 7) is 0. The van der Waals surface area contributed by atoms with Crippen molar-refractivity contribution in [3.05, 3.63) is 97.9 Å². The average Bonchev–Trinajstić information content (AvgIpc) is 2.78. The van der Waals surface area contributed by atoms with Crippen LogP contribution < -0.4 is 11.0 Å². The van der Waals surface area contributed by atoms with Crippen LogP contribution in [0.25, 0.3) is 16.6 Å². The number of anilines is 1. The molecule has 0 bridgehead atoms. The van der Waals surface area contributed by atoms with Crippen LogP contribution >= 0.6 is 11.6 Å². The monoisotopic (exact) mass is 435 g/mol. The number of hydrogen-bond acceptors (Lipinski definition) is 7. The molecule has 0 saturated carbocycles. The van der Waals surface area contributed by atoms with Crippen LogP contribution in [0.15, 0.2) is 76.8 Å². The molecule has 2 aromatic carbocycles. The van der Waals surface area contributed by atoms with Crippen molar-refractivity contribution >= 4 is 40.0 Å². The van der Waals surface area contributed by atoms with Gasteiger partial charge in [-0.25, -0.2) is 9.55 Å². The van der Waals surface area contributed by atoms with Gasteiger partial charge in [-0.2, -0.15) is 5.10 Å². The maximum absolute atomic E-state index is 13.0. The maximum Gasteiger partial charge on any atom is 0.269 e. The Kier molecular flexibility index (Phi) is 5.33. The number of nitrogens with one attached hydrogen (secondary N) is 1. The molecule has 0 aliphatic heterocycles. The molecule has 2 heterocycles. The SMILES string of the molecule is O=c1c2ccccc2c(/C=N/Nc2ccc([N+](=O)[O-])cc2)c(O)n1-c1ccc(Cl)cn1. The third-order valence-corrected chi connectivity index (χ3v) is 4.73. The second-order valence-corrected chi connectivity index (χ2v) is 6.87. The van der Waals surface area contributed by atoms with Crippen LogP contribution in [0.4, 0.5) is 11.4 Å².